The monoisotopic (exact) mass is 487 g/mol. The highest BCUT2D eigenvalue weighted by Crippen LogP contribution is 2.38. The normalized spacial score (nSPS) is 15.3. The van der Waals surface area contributed by atoms with Crippen molar-refractivity contribution in [3.8, 4) is 17.0 Å². The smallest absolute Gasteiger partial charge is 0.244 e. The van der Waals surface area contributed by atoms with E-state index in [0.717, 1.165) is 41.5 Å². The van der Waals surface area contributed by atoms with Crippen LogP contribution in [-0.2, 0) is 24.2 Å². The number of nitrogens with zero attached hydrogens (tertiary/aromatic N) is 5. The molecule has 4 aromatic rings. The molecule has 36 heavy (non-hydrogen) atoms. The molecule has 6 rings (SSSR count). The average molecular weight is 488 g/mol. The van der Waals surface area contributed by atoms with E-state index in [9.17, 15) is 4.79 Å². The standard InChI is InChI=1S/C26H26FN7O2/c1-14-17-4-3-7-36-26(17)30-11-19(14)18-8-15-9-21(29-12-20(15)25(28)24(18)27)31-22-10-16-5-6-33(2)23(35)13-34(16)32-22/h8-12H,3-7,13,28H2,1-2H3,(H,29,31,32). The highest BCUT2D eigenvalue weighted by molar-refractivity contribution is 5.98. The molecule has 0 saturated carbocycles. The Labute approximate surface area is 207 Å². The lowest BCUT2D eigenvalue weighted by Crippen LogP contribution is -2.29. The lowest BCUT2D eigenvalue weighted by Gasteiger charge is -2.20. The minimum absolute atomic E-state index is 0.0239. The number of hydrogen-bond donors (Lipinski definition) is 2. The number of nitrogens with one attached hydrogen (secondary N) is 1. The molecule has 0 fully saturated rings. The first-order valence-electron chi connectivity index (χ1n) is 12.0. The van der Waals surface area contributed by atoms with Gasteiger partial charge in [-0.2, -0.15) is 5.10 Å². The number of carbonyl (C=O) groups is 1. The van der Waals surface area contributed by atoms with Gasteiger partial charge in [-0.05, 0) is 42.8 Å². The molecule has 0 unspecified atom stereocenters. The quantitative estimate of drug-likeness (QED) is 0.425. The molecule has 9 nitrogen and oxygen atoms in total. The van der Waals surface area contributed by atoms with E-state index in [1.165, 1.54) is 0 Å². The second kappa shape index (κ2) is 8.47. The van der Waals surface area contributed by atoms with Crippen LogP contribution in [0.5, 0.6) is 5.88 Å². The summed E-state index contributed by atoms with van der Waals surface area (Å²) >= 11 is 0. The van der Waals surface area contributed by atoms with Crippen molar-refractivity contribution in [1.82, 2.24) is 24.6 Å². The van der Waals surface area contributed by atoms with Gasteiger partial charge < -0.3 is 20.7 Å². The Morgan fingerprint density at radius 2 is 1.97 bits per heavy atom. The van der Waals surface area contributed by atoms with Crippen LogP contribution in [0.4, 0.5) is 21.7 Å². The summed E-state index contributed by atoms with van der Waals surface area (Å²) in [6, 6.07) is 5.53. The summed E-state index contributed by atoms with van der Waals surface area (Å²) in [4.78, 5) is 22.7. The second-order valence-corrected chi connectivity index (χ2v) is 9.34. The van der Waals surface area contributed by atoms with Crippen molar-refractivity contribution in [1.29, 1.82) is 0 Å². The SMILES string of the molecule is Cc1c(-c2cc3cc(Nc4cc5n(n4)CC(=O)N(C)CC5)ncc3c(N)c2F)cnc2c1CCCO2. The third-order valence-corrected chi connectivity index (χ3v) is 7.06. The number of pyridine rings is 2. The number of rotatable bonds is 3. The number of aromatic nitrogens is 4. The summed E-state index contributed by atoms with van der Waals surface area (Å²) in [6.07, 6.45) is 5.69. The lowest BCUT2D eigenvalue weighted by atomic mass is 9.93. The van der Waals surface area contributed by atoms with Gasteiger partial charge >= 0.3 is 0 Å². The van der Waals surface area contributed by atoms with Crippen molar-refractivity contribution in [3.05, 3.63) is 53.2 Å². The zero-order valence-corrected chi connectivity index (χ0v) is 20.1. The predicted molar refractivity (Wildman–Crippen MR) is 135 cm³/mol. The fourth-order valence-corrected chi connectivity index (χ4v) is 4.93. The summed E-state index contributed by atoms with van der Waals surface area (Å²) in [6.45, 7) is 3.47. The number of nitrogens with two attached hydrogens (primary N) is 1. The van der Waals surface area contributed by atoms with Crippen molar-refractivity contribution in [3.63, 3.8) is 0 Å². The van der Waals surface area contributed by atoms with Crippen LogP contribution in [0, 0.1) is 12.7 Å². The molecule has 1 aromatic carbocycles. The second-order valence-electron chi connectivity index (χ2n) is 9.34. The molecular formula is C26H26FN7O2. The number of likely N-dealkylation sites (N-methyl/N-ethyl adjacent to an activating group) is 1. The third-order valence-electron chi connectivity index (χ3n) is 7.06. The maximum atomic E-state index is 15.4. The molecule has 10 heteroatoms. The van der Waals surface area contributed by atoms with Crippen LogP contribution in [0.15, 0.2) is 30.6 Å². The first kappa shape index (κ1) is 22.3. The highest BCUT2D eigenvalue weighted by atomic mass is 19.1. The largest absolute Gasteiger partial charge is 0.477 e. The fraction of sp³-hybridized carbons (Fsp3) is 0.308. The molecule has 0 aliphatic carbocycles. The first-order chi connectivity index (χ1) is 17.4. The van der Waals surface area contributed by atoms with Crippen molar-refractivity contribution in [2.24, 2.45) is 0 Å². The Kier molecular flexibility index (Phi) is 5.24. The Hall–Kier alpha value is -4.21. The Bertz CT molecular complexity index is 1530. The minimum atomic E-state index is -0.487. The molecule has 5 heterocycles. The highest BCUT2D eigenvalue weighted by Gasteiger charge is 2.22. The molecule has 0 bridgehead atoms. The van der Waals surface area contributed by atoms with Gasteiger partial charge in [0.05, 0.1) is 12.3 Å². The van der Waals surface area contributed by atoms with Gasteiger partial charge in [0.2, 0.25) is 11.8 Å². The van der Waals surface area contributed by atoms with Crippen LogP contribution in [0.2, 0.25) is 0 Å². The van der Waals surface area contributed by atoms with Crippen LogP contribution in [0.3, 0.4) is 0 Å². The van der Waals surface area contributed by atoms with Gasteiger partial charge in [-0.3, -0.25) is 9.48 Å². The number of carbonyl (C=O) groups excluding carboxylic acids is 1. The van der Waals surface area contributed by atoms with Gasteiger partial charge in [0.15, 0.2) is 11.6 Å². The van der Waals surface area contributed by atoms with Crippen LogP contribution >= 0.6 is 0 Å². The lowest BCUT2D eigenvalue weighted by molar-refractivity contribution is -0.130. The first-order valence-corrected chi connectivity index (χ1v) is 12.0. The van der Waals surface area contributed by atoms with E-state index >= 15 is 4.39 Å². The number of benzene rings is 1. The number of fused-ring (bicyclic) bond motifs is 3. The van der Waals surface area contributed by atoms with E-state index in [0.29, 0.717) is 47.2 Å². The average Bonchev–Trinajstić information content (AvgIpc) is 3.19. The molecule has 2 aliphatic rings. The molecule has 0 saturated heterocycles. The number of halogens is 1. The maximum Gasteiger partial charge on any atom is 0.244 e. The van der Waals surface area contributed by atoms with Gasteiger partial charge in [-0.1, -0.05) is 0 Å². The van der Waals surface area contributed by atoms with Gasteiger partial charge in [0, 0.05) is 66.2 Å². The third kappa shape index (κ3) is 3.69. The summed E-state index contributed by atoms with van der Waals surface area (Å²) in [5.41, 5.74) is 10.3. The minimum Gasteiger partial charge on any atom is -0.477 e. The van der Waals surface area contributed by atoms with E-state index in [-0.39, 0.29) is 18.1 Å². The molecule has 0 atom stereocenters. The number of anilines is 3. The molecule has 0 spiro atoms. The van der Waals surface area contributed by atoms with Crippen molar-refractivity contribution in [2.45, 2.75) is 32.7 Å². The molecule has 3 aromatic heterocycles. The van der Waals surface area contributed by atoms with E-state index in [1.54, 1.807) is 35.1 Å². The zero-order chi connectivity index (χ0) is 25.0. The number of ether oxygens (including phenoxy) is 1. The summed E-state index contributed by atoms with van der Waals surface area (Å²) in [5, 5.41) is 9.02. The van der Waals surface area contributed by atoms with Crippen LogP contribution < -0.4 is 15.8 Å². The maximum absolute atomic E-state index is 15.4. The summed E-state index contributed by atoms with van der Waals surface area (Å²) in [7, 11) is 1.80. The Morgan fingerprint density at radius 1 is 1.11 bits per heavy atom. The fourth-order valence-electron chi connectivity index (χ4n) is 4.93. The predicted octanol–water partition coefficient (Wildman–Crippen LogP) is 3.61. The Morgan fingerprint density at radius 3 is 2.83 bits per heavy atom. The number of nitrogen functional groups attached to an aromatic ring is 1. The molecule has 184 valence electrons. The van der Waals surface area contributed by atoms with E-state index < -0.39 is 5.82 Å². The van der Waals surface area contributed by atoms with Gasteiger partial charge in [-0.25, -0.2) is 14.4 Å². The van der Waals surface area contributed by atoms with Crippen molar-refractivity contribution < 1.29 is 13.9 Å². The molecule has 1 amide bonds. The van der Waals surface area contributed by atoms with E-state index in [4.69, 9.17) is 10.5 Å². The van der Waals surface area contributed by atoms with Crippen molar-refractivity contribution in [2.75, 3.05) is 31.2 Å². The van der Waals surface area contributed by atoms with Gasteiger partial charge in [0.1, 0.15) is 12.4 Å². The molecule has 2 aliphatic heterocycles. The van der Waals surface area contributed by atoms with Crippen molar-refractivity contribution >= 4 is 34.0 Å². The van der Waals surface area contributed by atoms with Crippen LogP contribution in [0.25, 0.3) is 21.9 Å². The number of amides is 1. The molecule has 0 radical (unpaired) electrons. The van der Waals surface area contributed by atoms with Crippen LogP contribution in [0.1, 0.15) is 23.2 Å². The summed E-state index contributed by atoms with van der Waals surface area (Å²) < 4.78 is 22.8. The van der Waals surface area contributed by atoms with Crippen LogP contribution in [-0.4, -0.2) is 50.8 Å². The molecule has 3 N–H and O–H groups in total. The van der Waals surface area contributed by atoms with Gasteiger partial charge in [-0.15, -0.1) is 0 Å². The van der Waals surface area contributed by atoms with E-state index in [1.807, 2.05) is 19.1 Å². The molecular weight excluding hydrogens is 461 g/mol. The zero-order valence-electron chi connectivity index (χ0n) is 20.1. The number of hydrogen-bond acceptors (Lipinski definition) is 7. The van der Waals surface area contributed by atoms with Gasteiger partial charge in [0.25, 0.3) is 0 Å². The summed E-state index contributed by atoms with van der Waals surface area (Å²) in [5.74, 6) is 1.30. The Balaban J connectivity index is 1.37. The topological polar surface area (TPSA) is 111 Å². The van der Waals surface area contributed by atoms with E-state index in [2.05, 4.69) is 20.4 Å².